The fraction of sp³-hybridized carbons (Fsp3) is 0.357. The van der Waals surface area contributed by atoms with Gasteiger partial charge in [0.2, 0.25) is 0 Å². The molecular weight excluding hydrogens is 326 g/mol. The van der Waals surface area contributed by atoms with Gasteiger partial charge in [0, 0.05) is 22.5 Å². The van der Waals surface area contributed by atoms with E-state index < -0.39 is 0 Å². The van der Waals surface area contributed by atoms with Gasteiger partial charge in [-0.2, -0.15) is 0 Å². The first kappa shape index (κ1) is 13.2. The second-order valence-corrected chi connectivity index (χ2v) is 6.19. The molecule has 5 heteroatoms. The van der Waals surface area contributed by atoms with Crippen molar-refractivity contribution in [3.05, 3.63) is 39.7 Å². The lowest BCUT2D eigenvalue weighted by Crippen LogP contribution is -2.24. The van der Waals surface area contributed by atoms with Gasteiger partial charge < -0.3 is 10.3 Å². The Kier molecular flexibility index (Phi) is 3.91. The number of H-pyrrole nitrogens is 1. The molecule has 0 saturated carbocycles. The standard InChI is InChI=1S/C14H15BrClN3/c15-9-3-4-11(12(16)6-9)13-8-18-14(19-13)7-10-2-1-5-17-10/h3-4,6,8,10,17H,1-2,5,7H2,(H,18,19). The summed E-state index contributed by atoms with van der Waals surface area (Å²) >= 11 is 9.67. The molecule has 3 rings (SSSR count). The Balaban J connectivity index is 1.80. The molecule has 1 fully saturated rings. The van der Waals surface area contributed by atoms with Crippen molar-refractivity contribution in [1.82, 2.24) is 15.3 Å². The Morgan fingerprint density at radius 3 is 3.05 bits per heavy atom. The average molecular weight is 341 g/mol. The summed E-state index contributed by atoms with van der Waals surface area (Å²) < 4.78 is 0.983. The Morgan fingerprint density at radius 2 is 2.32 bits per heavy atom. The molecule has 2 heterocycles. The summed E-state index contributed by atoms with van der Waals surface area (Å²) in [6, 6.07) is 6.44. The Hall–Kier alpha value is -0.840. The summed E-state index contributed by atoms with van der Waals surface area (Å²) in [5.41, 5.74) is 1.97. The number of imidazole rings is 1. The van der Waals surface area contributed by atoms with E-state index >= 15 is 0 Å². The lowest BCUT2D eigenvalue weighted by atomic mass is 10.1. The van der Waals surface area contributed by atoms with E-state index in [1.165, 1.54) is 12.8 Å². The highest BCUT2D eigenvalue weighted by molar-refractivity contribution is 9.10. The highest BCUT2D eigenvalue weighted by atomic mass is 79.9. The summed E-state index contributed by atoms with van der Waals surface area (Å²) in [4.78, 5) is 7.82. The van der Waals surface area contributed by atoms with E-state index in [9.17, 15) is 0 Å². The number of aromatic amines is 1. The van der Waals surface area contributed by atoms with Crippen LogP contribution in [-0.2, 0) is 6.42 Å². The maximum Gasteiger partial charge on any atom is 0.108 e. The first-order valence-electron chi connectivity index (χ1n) is 6.45. The quantitative estimate of drug-likeness (QED) is 0.892. The van der Waals surface area contributed by atoms with Crippen molar-refractivity contribution < 1.29 is 0 Å². The minimum absolute atomic E-state index is 0.555. The minimum atomic E-state index is 0.555. The maximum absolute atomic E-state index is 6.25. The van der Waals surface area contributed by atoms with Crippen molar-refractivity contribution in [3.8, 4) is 11.3 Å². The third-order valence-electron chi connectivity index (χ3n) is 3.45. The highest BCUT2D eigenvalue weighted by Crippen LogP contribution is 2.29. The smallest absolute Gasteiger partial charge is 0.108 e. The number of hydrogen-bond acceptors (Lipinski definition) is 2. The monoisotopic (exact) mass is 339 g/mol. The molecule has 1 aliphatic heterocycles. The molecule has 0 radical (unpaired) electrons. The fourth-order valence-corrected chi connectivity index (χ4v) is 3.25. The van der Waals surface area contributed by atoms with Gasteiger partial charge in [-0.05, 0) is 31.5 Å². The number of aromatic nitrogens is 2. The third-order valence-corrected chi connectivity index (χ3v) is 4.26. The lowest BCUT2D eigenvalue weighted by Gasteiger charge is -2.07. The van der Waals surface area contributed by atoms with E-state index in [0.29, 0.717) is 6.04 Å². The first-order chi connectivity index (χ1) is 9.22. The van der Waals surface area contributed by atoms with Crippen LogP contribution in [0.2, 0.25) is 5.02 Å². The molecule has 0 bridgehead atoms. The Labute approximate surface area is 125 Å². The molecule has 3 nitrogen and oxygen atoms in total. The Morgan fingerprint density at radius 1 is 1.42 bits per heavy atom. The zero-order chi connectivity index (χ0) is 13.2. The number of benzene rings is 1. The normalized spacial score (nSPS) is 18.9. The molecule has 2 N–H and O–H groups in total. The molecule has 0 spiro atoms. The van der Waals surface area contributed by atoms with Crippen molar-refractivity contribution in [1.29, 1.82) is 0 Å². The van der Waals surface area contributed by atoms with Crippen LogP contribution in [0.5, 0.6) is 0 Å². The van der Waals surface area contributed by atoms with Crippen LogP contribution in [0.15, 0.2) is 28.9 Å². The van der Waals surface area contributed by atoms with Crippen LogP contribution in [0.4, 0.5) is 0 Å². The number of nitrogens with one attached hydrogen (secondary N) is 2. The molecule has 19 heavy (non-hydrogen) atoms. The van der Waals surface area contributed by atoms with Crippen molar-refractivity contribution in [2.24, 2.45) is 0 Å². The molecule has 0 aliphatic carbocycles. The average Bonchev–Trinajstić information content (AvgIpc) is 3.01. The molecule has 1 aromatic carbocycles. The van der Waals surface area contributed by atoms with E-state index in [4.69, 9.17) is 11.6 Å². The Bertz CT molecular complexity index is 576. The topological polar surface area (TPSA) is 40.7 Å². The van der Waals surface area contributed by atoms with Gasteiger partial charge in [-0.15, -0.1) is 0 Å². The molecule has 0 amide bonds. The number of rotatable bonds is 3. The SMILES string of the molecule is Clc1cc(Br)ccc1-c1cnc(CC2CCCN2)[nH]1. The number of hydrogen-bond donors (Lipinski definition) is 2. The van der Waals surface area contributed by atoms with Gasteiger partial charge in [-0.3, -0.25) is 0 Å². The summed E-state index contributed by atoms with van der Waals surface area (Å²) in [6.45, 7) is 1.12. The molecule has 1 saturated heterocycles. The minimum Gasteiger partial charge on any atom is -0.342 e. The van der Waals surface area contributed by atoms with Crippen LogP contribution in [0.3, 0.4) is 0 Å². The van der Waals surface area contributed by atoms with Gasteiger partial charge in [0.15, 0.2) is 0 Å². The largest absolute Gasteiger partial charge is 0.342 e. The summed E-state index contributed by atoms with van der Waals surface area (Å²) in [7, 11) is 0. The van der Waals surface area contributed by atoms with E-state index in [0.717, 1.165) is 39.5 Å². The molecule has 1 atom stereocenters. The second-order valence-electron chi connectivity index (χ2n) is 4.87. The van der Waals surface area contributed by atoms with Crippen LogP contribution in [0.25, 0.3) is 11.3 Å². The van der Waals surface area contributed by atoms with Crippen LogP contribution >= 0.6 is 27.5 Å². The maximum atomic E-state index is 6.25. The van der Waals surface area contributed by atoms with Gasteiger partial charge in [0.25, 0.3) is 0 Å². The van der Waals surface area contributed by atoms with Crippen LogP contribution in [0.1, 0.15) is 18.7 Å². The number of nitrogens with zero attached hydrogens (tertiary/aromatic N) is 1. The summed E-state index contributed by atoms with van der Waals surface area (Å²) in [6.07, 6.45) is 5.30. The van der Waals surface area contributed by atoms with Gasteiger partial charge in [-0.25, -0.2) is 4.98 Å². The van der Waals surface area contributed by atoms with E-state index in [1.54, 1.807) is 0 Å². The van der Waals surface area contributed by atoms with Crippen LogP contribution in [0, 0.1) is 0 Å². The van der Waals surface area contributed by atoms with Crippen molar-refractivity contribution in [2.75, 3.05) is 6.54 Å². The zero-order valence-electron chi connectivity index (χ0n) is 10.4. The van der Waals surface area contributed by atoms with Crippen LogP contribution < -0.4 is 5.32 Å². The molecule has 100 valence electrons. The van der Waals surface area contributed by atoms with Crippen molar-refractivity contribution >= 4 is 27.5 Å². The van der Waals surface area contributed by atoms with Gasteiger partial charge >= 0.3 is 0 Å². The van der Waals surface area contributed by atoms with Gasteiger partial charge in [0.05, 0.1) is 16.9 Å². The first-order valence-corrected chi connectivity index (χ1v) is 7.62. The van der Waals surface area contributed by atoms with Gasteiger partial charge in [-0.1, -0.05) is 33.6 Å². The van der Waals surface area contributed by atoms with E-state index in [1.807, 2.05) is 24.4 Å². The molecule has 1 unspecified atom stereocenters. The lowest BCUT2D eigenvalue weighted by molar-refractivity contribution is 0.589. The van der Waals surface area contributed by atoms with Crippen molar-refractivity contribution in [3.63, 3.8) is 0 Å². The number of halogens is 2. The predicted molar refractivity (Wildman–Crippen MR) is 81.5 cm³/mol. The van der Waals surface area contributed by atoms with Crippen molar-refractivity contribution in [2.45, 2.75) is 25.3 Å². The summed E-state index contributed by atoms with van der Waals surface area (Å²) in [5.74, 6) is 1.02. The highest BCUT2D eigenvalue weighted by Gasteiger charge is 2.16. The van der Waals surface area contributed by atoms with E-state index in [2.05, 4.69) is 31.2 Å². The molecule has 1 aliphatic rings. The van der Waals surface area contributed by atoms with E-state index in [-0.39, 0.29) is 0 Å². The van der Waals surface area contributed by atoms with Gasteiger partial charge in [0.1, 0.15) is 5.82 Å². The zero-order valence-corrected chi connectivity index (χ0v) is 12.8. The molecular formula is C14H15BrClN3. The second kappa shape index (κ2) is 5.65. The summed E-state index contributed by atoms with van der Waals surface area (Å²) in [5, 5.41) is 4.21. The molecule has 2 aromatic rings. The molecule has 1 aromatic heterocycles. The predicted octanol–water partition coefficient (Wildman–Crippen LogP) is 3.79. The third kappa shape index (κ3) is 3.02. The fourth-order valence-electron chi connectivity index (χ4n) is 2.48. The van der Waals surface area contributed by atoms with Crippen LogP contribution in [-0.4, -0.2) is 22.6 Å².